The molecule has 2 aliphatic carbocycles. The van der Waals surface area contributed by atoms with Crippen molar-refractivity contribution in [2.24, 2.45) is 5.41 Å². The number of nitro benzene ring substituents is 1. The van der Waals surface area contributed by atoms with Crippen LogP contribution in [-0.4, -0.2) is 33.5 Å². The third kappa shape index (κ3) is 2.68. The van der Waals surface area contributed by atoms with Gasteiger partial charge in [0.05, 0.1) is 27.3 Å². The van der Waals surface area contributed by atoms with E-state index in [4.69, 9.17) is 19.4 Å². The molecule has 0 saturated heterocycles. The summed E-state index contributed by atoms with van der Waals surface area (Å²) in [6.07, 6.45) is 1.26. The first kappa shape index (κ1) is 22.2. The van der Waals surface area contributed by atoms with E-state index in [0.717, 1.165) is 18.2 Å². The number of hydrazine groups is 1. The van der Waals surface area contributed by atoms with Crippen molar-refractivity contribution in [3.63, 3.8) is 0 Å². The Morgan fingerprint density at radius 2 is 1.64 bits per heavy atom. The molecule has 1 saturated carbocycles. The average molecular weight is 489 g/mol. The van der Waals surface area contributed by atoms with Crippen molar-refractivity contribution in [2.75, 3.05) is 6.79 Å². The Morgan fingerprint density at radius 3 is 2.31 bits per heavy atom. The van der Waals surface area contributed by atoms with Gasteiger partial charge in [-0.2, -0.15) is 0 Å². The Kier molecular flexibility index (Phi) is 4.39. The molecule has 36 heavy (non-hydrogen) atoms. The maximum absolute atomic E-state index is 13.8. The molecule has 11 nitrogen and oxygen atoms in total. The number of carbonyl (C=O) groups is 2. The molecule has 2 bridgehead atoms. The monoisotopic (exact) mass is 489 g/mol. The lowest BCUT2D eigenvalue weighted by Gasteiger charge is -2.39. The minimum Gasteiger partial charge on any atom is -0.454 e. The minimum absolute atomic E-state index is 0.0613. The van der Waals surface area contributed by atoms with Crippen LogP contribution in [0.4, 0.5) is 5.69 Å². The lowest BCUT2D eigenvalue weighted by molar-refractivity contribution is -0.384. The number of aromatic nitrogens is 2. The highest BCUT2D eigenvalue weighted by Crippen LogP contribution is 2.70. The molecule has 2 amide bonds. The molecule has 3 aromatic rings. The fourth-order valence-electron chi connectivity index (χ4n) is 6.05. The molecule has 2 N–H and O–H groups in total. The van der Waals surface area contributed by atoms with Gasteiger partial charge in [0.2, 0.25) is 6.79 Å². The van der Waals surface area contributed by atoms with Gasteiger partial charge in [0.15, 0.2) is 11.5 Å². The molecule has 1 aromatic heterocycles. The first-order valence-electron chi connectivity index (χ1n) is 11.6. The number of hydrogen-bond acceptors (Lipinski definition) is 8. The number of rotatable bonds is 3. The summed E-state index contributed by atoms with van der Waals surface area (Å²) in [6, 6.07) is 8.88. The Hall–Kier alpha value is -4.28. The van der Waals surface area contributed by atoms with Crippen LogP contribution in [0.5, 0.6) is 11.5 Å². The summed E-state index contributed by atoms with van der Waals surface area (Å²) in [6.45, 7) is 6.29. The number of benzene rings is 2. The Labute approximate surface area is 205 Å². The topological polar surface area (TPSA) is 146 Å². The number of ether oxygens (including phenoxy) is 2. The molecule has 2 aromatic carbocycles. The van der Waals surface area contributed by atoms with Crippen molar-refractivity contribution in [2.45, 2.75) is 44.4 Å². The quantitative estimate of drug-likeness (QED) is 0.422. The molecule has 1 fully saturated rings. The van der Waals surface area contributed by atoms with Gasteiger partial charge in [-0.15, -0.1) is 0 Å². The van der Waals surface area contributed by atoms with Gasteiger partial charge in [-0.3, -0.25) is 30.6 Å². The van der Waals surface area contributed by atoms with Crippen LogP contribution in [0.15, 0.2) is 36.4 Å². The van der Waals surface area contributed by atoms with Crippen molar-refractivity contribution >= 4 is 28.5 Å². The van der Waals surface area contributed by atoms with Crippen LogP contribution < -0.4 is 20.3 Å². The molecule has 2 atom stereocenters. The van der Waals surface area contributed by atoms with Gasteiger partial charge in [-0.1, -0.05) is 26.8 Å². The maximum atomic E-state index is 13.8. The van der Waals surface area contributed by atoms with E-state index >= 15 is 0 Å². The second-order valence-corrected chi connectivity index (χ2v) is 10.2. The van der Waals surface area contributed by atoms with Gasteiger partial charge in [0.1, 0.15) is 5.41 Å². The highest BCUT2D eigenvalue weighted by Gasteiger charge is 2.73. The van der Waals surface area contributed by atoms with Crippen molar-refractivity contribution < 1.29 is 24.0 Å². The Morgan fingerprint density at radius 1 is 0.972 bits per heavy atom. The Balaban J connectivity index is 1.37. The first-order valence-corrected chi connectivity index (χ1v) is 11.6. The third-order valence-electron chi connectivity index (χ3n) is 8.53. The molecular formula is C25H23N5O6. The predicted octanol–water partition coefficient (Wildman–Crippen LogP) is 3.06. The summed E-state index contributed by atoms with van der Waals surface area (Å²) in [5.41, 5.74) is 5.45. The highest BCUT2D eigenvalue weighted by atomic mass is 16.7. The third-order valence-corrected chi connectivity index (χ3v) is 8.53. The van der Waals surface area contributed by atoms with E-state index in [1.54, 1.807) is 12.1 Å². The second-order valence-electron chi connectivity index (χ2n) is 10.2. The van der Waals surface area contributed by atoms with E-state index < -0.39 is 33.0 Å². The largest absolute Gasteiger partial charge is 0.454 e. The number of nitro groups is 1. The highest BCUT2D eigenvalue weighted by molar-refractivity contribution is 5.98. The van der Waals surface area contributed by atoms with Gasteiger partial charge >= 0.3 is 0 Å². The lowest BCUT2D eigenvalue weighted by Crippen LogP contribution is -2.55. The number of non-ortho nitro benzene ring substituents is 1. The van der Waals surface area contributed by atoms with E-state index in [-0.39, 0.29) is 18.0 Å². The fraction of sp³-hybridized carbons (Fsp3) is 0.360. The predicted molar refractivity (Wildman–Crippen MR) is 126 cm³/mol. The molecule has 6 rings (SSSR count). The van der Waals surface area contributed by atoms with E-state index in [2.05, 4.69) is 17.8 Å². The van der Waals surface area contributed by atoms with Crippen LogP contribution in [0.1, 0.15) is 55.4 Å². The molecule has 2 heterocycles. The van der Waals surface area contributed by atoms with E-state index in [9.17, 15) is 19.7 Å². The standard InChI is InChI=1S/C25H23N5O6/c1-23(2)24(3)7-8-25(23,22(32)29-28-21(31)13-5-4-6-14(9-13)30(33)34)20-19(24)26-15-10-17-18(36-12-35-17)11-16(15)27-20/h4-6,9-11H,7-8,12H2,1-3H3,(H,28,31)(H,29,32). The van der Waals surface area contributed by atoms with Crippen LogP contribution >= 0.6 is 0 Å². The number of fused-ring (bicyclic) bond motifs is 7. The van der Waals surface area contributed by atoms with Gasteiger partial charge < -0.3 is 9.47 Å². The smallest absolute Gasteiger partial charge is 0.270 e. The van der Waals surface area contributed by atoms with Crippen molar-refractivity contribution in [3.05, 3.63) is 63.5 Å². The van der Waals surface area contributed by atoms with Crippen molar-refractivity contribution in [1.82, 2.24) is 20.8 Å². The number of nitrogens with one attached hydrogen (secondary N) is 2. The van der Waals surface area contributed by atoms with E-state index in [0.29, 0.717) is 34.6 Å². The summed E-state index contributed by atoms with van der Waals surface area (Å²) >= 11 is 0. The molecule has 1 aliphatic heterocycles. The van der Waals surface area contributed by atoms with Crippen LogP contribution in [0.2, 0.25) is 0 Å². The van der Waals surface area contributed by atoms with E-state index in [1.165, 1.54) is 18.2 Å². The number of amides is 2. The Bertz CT molecular complexity index is 1500. The number of hydrogen-bond donors (Lipinski definition) is 2. The normalized spacial score (nSPS) is 24.4. The zero-order valence-electron chi connectivity index (χ0n) is 19.9. The second kappa shape index (κ2) is 7.12. The molecule has 0 spiro atoms. The van der Waals surface area contributed by atoms with Crippen molar-refractivity contribution in [1.29, 1.82) is 0 Å². The van der Waals surface area contributed by atoms with Crippen LogP contribution in [-0.2, 0) is 15.6 Å². The molecule has 11 heteroatoms. The SMILES string of the molecule is CC12CCC(C(=O)NNC(=O)c3cccc([N+](=O)[O-])c3)(c3nc4cc5c(cc4nc31)OCO5)C2(C)C. The van der Waals surface area contributed by atoms with Crippen molar-refractivity contribution in [3.8, 4) is 11.5 Å². The summed E-state index contributed by atoms with van der Waals surface area (Å²) < 4.78 is 11.0. The van der Waals surface area contributed by atoms with Gasteiger partial charge in [-0.25, -0.2) is 9.97 Å². The number of nitrogens with zero attached hydrogens (tertiary/aromatic N) is 3. The zero-order valence-corrected chi connectivity index (χ0v) is 19.9. The molecule has 0 radical (unpaired) electrons. The summed E-state index contributed by atoms with van der Waals surface area (Å²) in [7, 11) is 0. The fourth-order valence-corrected chi connectivity index (χ4v) is 6.05. The lowest BCUT2D eigenvalue weighted by atomic mass is 9.63. The van der Waals surface area contributed by atoms with Gasteiger partial charge in [-0.05, 0) is 24.3 Å². The van der Waals surface area contributed by atoms with Gasteiger partial charge in [0.25, 0.3) is 17.5 Å². The first-order chi connectivity index (χ1) is 17.1. The van der Waals surface area contributed by atoms with E-state index in [1.807, 2.05) is 13.8 Å². The molecule has 2 unspecified atom stereocenters. The average Bonchev–Trinajstić information content (AvgIpc) is 3.44. The summed E-state index contributed by atoms with van der Waals surface area (Å²) in [5, 5.41) is 11.1. The molecular weight excluding hydrogens is 466 g/mol. The zero-order chi connectivity index (χ0) is 25.5. The summed E-state index contributed by atoms with van der Waals surface area (Å²) in [4.78, 5) is 46.9. The minimum atomic E-state index is -1.04. The van der Waals surface area contributed by atoms with Crippen LogP contribution in [0.25, 0.3) is 11.0 Å². The van der Waals surface area contributed by atoms with Crippen LogP contribution in [0.3, 0.4) is 0 Å². The van der Waals surface area contributed by atoms with Crippen LogP contribution in [0, 0.1) is 15.5 Å². The molecule has 3 aliphatic rings. The molecule has 184 valence electrons. The van der Waals surface area contributed by atoms with Gasteiger partial charge in [0, 0.05) is 35.2 Å². The summed E-state index contributed by atoms with van der Waals surface area (Å²) in [5.74, 6) is 0.134. The maximum Gasteiger partial charge on any atom is 0.270 e. The number of carbonyl (C=O) groups excluding carboxylic acids is 2.